The Morgan fingerprint density at radius 1 is 1.29 bits per heavy atom. The van der Waals surface area contributed by atoms with Gasteiger partial charge >= 0.3 is 0 Å². The number of rotatable bonds is 4. The number of nitro benzene ring substituents is 1. The zero-order valence-corrected chi connectivity index (χ0v) is 13.2. The van der Waals surface area contributed by atoms with Crippen LogP contribution in [0.1, 0.15) is 5.69 Å². The SMILES string of the molecule is Cc1cccc(NS(=O)(=O)c2cc(Br)ccc2[N+](=O)[O-])n1. The van der Waals surface area contributed by atoms with Gasteiger partial charge in [-0.25, -0.2) is 13.4 Å². The summed E-state index contributed by atoms with van der Waals surface area (Å²) in [5.41, 5.74) is 0.122. The van der Waals surface area contributed by atoms with E-state index in [0.717, 1.165) is 6.07 Å². The molecule has 0 unspecified atom stereocenters. The zero-order valence-electron chi connectivity index (χ0n) is 10.8. The Hall–Kier alpha value is -2.00. The molecule has 9 heteroatoms. The Balaban J connectivity index is 2.49. The van der Waals surface area contributed by atoms with E-state index in [1.54, 1.807) is 19.1 Å². The minimum atomic E-state index is -4.11. The van der Waals surface area contributed by atoms with Crippen molar-refractivity contribution in [2.24, 2.45) is 0 Å². The highest BCUT2D eigenvalue weighted by molar-refractivity contribution is 9.10. The van der Waals surface area contributed by atoms with Crippen molar-refractivity contribution in [1.82, 2.24) is 4.98 Å². The van der Waals surface area contributed by atoms with E-state index in [4.69, 9.17) is 0 Å². The zero-order chi connectivity index (χ0) is 15.6. The molecule has 0 saturated carbocycles. The number of hydrogen-bond acceptors (Lipinski definition) is 5. The number of benzene rings is 1. The molecular formula is C12H10BrN3O4S. The fraction of sp³-hybridized carbons (Fsp3) is 0.0833. The third-order valence-corrected chi connectivity index (χ3v) is 4.41. The molecule has 2 aromatic rings. The van der Waals surface area contributed by atoms with Crippen molar-refractivity contribution < 1.29 is 13.3 Å². The van der Waals surface area contributed by atoms with E-state index >= 15 is 0 Å². The number of halogens is 1. The molecule has 110 valence electrons. The minimum absolute atomic E-state index is 0.101. The van der Waals surface area contributed by atoms with Gasteiger partial charge in [-0.15, -0.1) is 0 Å². The largest absolute Gasteiger partial charge is 0.289 e. The van der Waals surface area contributed by atoms with Crippen LogP contribution in [-0.4, -0.2) is 18.3 Å². The highest BCUT2D eigenvalue weighted by atomic mass is 79.9. The number of anilines is 1. The summed E-state index contributed by atoms with van der Waals surface area (Å²) in [5, 5.41) is 11.0. The molecular weight excluding hydrogens is 362 g/mol. The van der Waals surface area contributed by atoms with Crippen LogP contribution >= 0.6 is 15.9 Å². The number of nitrogens with one attached hydrogen (secondary N) is 1. The number of sulfonamides is 1. The molecule has 2 rings (SSSR count). The molecule has 0 fully saturated rings. The average Bonchev–Trinajstić information content (AvgIpc) is 2.37. The highest BCUT2D eigenvalue weighted by Crippen LogP contribution is 2.28. The van der Waals surface area contributed by atoms with E-state index in [9.17, 15) is 18.5 Å². The topological polar surface area (TPSA) is 102 Å². The maximum absolute atomic E-state index is 12.3. The Morgan fingerprint density at radius 2 is 2.00 bits per heavy atom. The van der Waals surface area contributed by atoms with Gasteiger partial charge in [0.2, 0.25) is 0 Å². The summed E-state index contributed by atoms with van der Waals surface area (Å²) >= 11 is 3.10. The molecule has 0 aliphatic carbocycles. The molecule has 0 aliphatic heterocycles. The molecule has 0 spiro atoms. The summed E-state index contributed by atoms with van der Waals surface area (Å²) in [4.78, 5) is 13.8. The van der Waals surface area contributed by atoms with E-state index in [2.05, 4.69) is 25.6 Å². The van der Waals surface area contributed by atoms with Crippen LogP contribution in [0.4, 0.5) is 11.5 Å². The van der Waals surface area contributed by atoms with E-state index in [0.29, 0.717) is 10.2 Å². The third kappa shape index (κ3) is 3.56. The molecule has 1 heterocycles. The van der Waals surface area contributed by atoms with Gasteiger partial charge in [0, 0.05) is 16.2 Å². The summed E-state index contributed by atoms with van der Waals surface area (Å²) in [5.74, 6) is 0.101. The quantitative estimate of drug-likeness (QED) is 0.657. The fourth-order valence-corrected chi connectivity index (χ4v) is 3.36. The third-order valence-electron chi connectivity index (χ3n) is 2.54. The Bertz CT molecular complexity index is 808. The van der Waals surface area contributed by atoms with E-state index in [1.165, 1.54) is 18.2 Å². The Labute approximate surface area is 129 Å². The predicted octanol–water partition coefficient (Wildman–Crippen LogP) is 2.86. The van der Waals surface area contributed by atoms with Gasteiger partial charge in [0.05, 0.1) is 4.92 Å². The Morgan fingerprint density at radius 3 is 2.62 bits per heavy atom. The van der Waals surface area contributed by atoms with Crippen molar-refractivity contribution in [3.63, 3.8) is 0 Å². The summed E-state index contributed by atoms with van der Waals surface area (Å²) < 4.78 is 27.3. The maximum atomic E-state index is 12.3. The lowest BCUT2D eigenvalue weighted by Crippen LogP contribution is -2.15. The maximum Gasteiger partial charge on any atom is 0.289 e. The minimum Gasteiger partial charge on any atom is -0.263 e. The lowest BCUT2D eigenvalue weighted by atomic mass is 10.3. The summed E-state index contributed by atoms with van der Waals surface area (Å²) in [6, 6.07) is 8.52. The van der Waals surface area contributed by atoms with Crippen LogP contribution in [0.2, 0.25) is 0 Å². The normalized spacial score (nSPS) is 11.1. The van der Waals surface area contributed by atoms with Gasteiger partial charge in [0.15, 0.2) is 4.90 Å². The number of pyridine rings is 1. The number of aromatic nitrogens is 1. The molecule has 0 atom stereocenters. The number of nitrogens with zero attached hydrogens (tertiary/aromatic N) is 2. The second-order valence-corrected chi connectivity index (χ2v) is 6.71. The molecule has 1 N–H and O–H groups in total. The monoisotopic (exact) mass is 371 g/mol. The number of aryl methyl sites for hydroxylation is 1. The molecule has 0 aliphatic rings. The van der Waals surface area contributed by atoms with Crippen LogP contribution in [-0.2, 0) is 10.0 Å². The first-order chi connectivity index (χ1) is 9.79. The first-order valence-electron chi connectivity index (χ1n) is 5.70. The molecule has 0 saturated heterocycles. The van der Waals surface area contributed by atoms with Crippen molar-refractivity contribution in [1.29, 1.82) is 0 Å². The Kier molecular flexibility index (Phi) is 4.24. The van der Waals surface area contributed by atoms with Gasteiger partial charge in [0.1, 0.15) is 5.82 Å². The lowest BCUT2D eigenvalue weighted by molar-refractivity contribution is -0.387. The fourth-order valence-electron chi connectivity index (χ4n) is 1.65. The number of hydrogen-bond donors (Lipinski definition) is 1. The van der Waals surface area contributed by atoms with Gasteiger partial charge in [-0.05, 0) is 31.2 Å². The van der Waals surface area contributed by atoms with Gasteiger partial charge in [-0.3, -0.25) is 14.8 Å². The van der Waals surface area contributed by atoms with E-state index in [1.807, 2.05) is 0 Å². The van der Waals surface area contributed by atoms with Crippen LogP contribution in [0.3, 0.4) is 0 Å². The van der Waals surface area contributed by atoms with Gasteiger partial charge in [0.25, 0.3) is 15.7 Å². The molecule has 21 heavy (non-hydrogen) atoms. The smallest absolute Gasteiger partial charge is 0.263 e. The first kappa shape index (κ1) is 15.4. The highest BCUT2D eigenvalue weighted by Gasteiger charge is 2.26. The summed E-state index contributed by atoms with van der Waals surface area (Å²) in [6.07, 6.45) is 0. The molecule has 0 amide bonds. The number of nitro groups is 1. The lowest BCUT2D eigenvalue weighted by Gasteiger charge is -2.08. The molecule has 1 aromatic carbocycles. The van der Waals surface area contributed by atoms with Crippen LogP contribution in [0.5, 0.6) is 0 Å². The van der Waals surface area contributed by atoms with Crippen LogP contribution in [0, 0.1) is 17.0 Å². The van der Waals surface area contributed by atoms with Crippen molar-refractivity contribution in [3.8, 4) is 0 Å². The average molecular weight is 372 g/mol. The molecule has 7 nitrogen and oxygen atoms in total. The van der Waals surface area contributed by atoms with Gasteiger partial charge < -0.3 is 0 Å². The van der Waals surface area contributed by atoms with Crippen molar-refractivity contribution in [2.45, 2.75) is 11.8 Å². The van der Waals surface area contributed by atoms with Crippen LogP contribution in [0.15, 0.2) is 45.8 Å². The van der Waals surface area contributed by atoms with Crippen molar-refractivity contribution in [3.05, 3.63) is 56.7 Å². The standard InChI is InChI=1S/C12H10BrN3O4S/c1-8-3-2-4-12(14-8)15-21(19,20)11-7-9(13)5-6-10(11)16(17)18/h2-7H,1H3,(H,14,15). The van der Waals surface area contributed by atoms with E-state index in [-0.39, 0.29) is 5.82 Å². The molecule has 1 aromatic heterocycles. The second kappa shape index (κ2) is 5.78. The van der Waals surface area contributed by atoms with Crippen LogP contribution in [0.25, 0.3) is 0 Å². The summed E-state index contributed by atoms with van der Waals surface area (Å²) in [6.45, 7) is 1.71. The molecule has 0 bridgehead atoms. The summed E-state index contributed by atoms with van der Waals surface area (Å²) in [7, 11) is -4.11. The van der Waals surface area contributed by atoms with E-state index < -0.39 is 25.5 Å². The second-order valence-electron chi connectivity index (χ2n) is 4.14. The van der Waals surface area contributed by atoms with Gasteiger partial charge in [-0.2, -0.15) is 0 Å². The van der Waals surface area contributed by atoms with Gasteiger partial charge in [-0.1, -0.05) is 22.0 Å². The van der Waals surface area contributed by atoms with Crippen molar-refractivity contribution in [2.75, 3.05) is 4.72 Å². The molecule has 0 radical (unpaired) electrons. The predicted molar refractivity (Wildman–Crippen MR) is 80.6 cm³/mol. The van der Waals surface area contributed by atoms with Crippen LogP contribution < -0.4 is 4.72 Å². The van der Waals surface area contributed by atoms with Crippen molar-refractivity contribution >= 4 is 37.5 Å². The first-order valence-corrected chi connectivity index (χ1v) is 7.97.